The van der Waals surface area contributed by atoms with Crippen LogP contribution in [0.5, 0.6) is 0 Å². The zero-order valence-corrected chi connectivity index (χ0v) is 39.7. The van der Waals surface area contributed by atoms with Crippen LogP contribution in [0.3, 0.4) is 0 Å². The van der Waals surface area contributed by atoms with E-state index in [1.54, 1.807) is 0 Å². The Morgan fingerprint density at radius 2 is 0.917 bits per heavy atom. The standard InChI is InChI=1S/C67H45BN4/c1-42-36-54-52-34-32-45(43-18-4-2-5-19-43)37-65(52)72(66(54)41-53(42)44-20-6-3-7-21-44)68-57-26-12-17-31-64(57)71-63-35-33-46(69-59-27-13-8-22-48(59)49-23-9-14-28-60(49)69)38-55(63)56-39-47(40-58(68)67(56)71)70-61-29-15-10-24-50(61)51-25-11-16-30-62(51)70/h2-35,37-42H,36H2,1H3. The molecule has 1 unspecified atom stereocenters. The molecule has 5 heteroatoms. The number of rotatable bonds is 5. The zero-order valence-electron chi connectivity index (χ0n) is 39.7. The van der Waals surface area contributed by atoms with Gasteiger partial charge in [-0.25, -0.2) is 0 Å². The fourth-order valence-electron chi connectivity index (χ4n) is 13.2. The monoisotopic (exact) mass is 916 g/mol. The number of para-hydroxylation sites is 5. The van der Waals surface area contributed by atoms with Crippen LogP contribution in [0.2, 0.25) is 0 Å². The van der Waals surface area contributed by atoms with Crippen molar-refractivity contribution in [1.29, 1.82) is 0 Å². The molecule has 0 saturated carbocycles. The molecule has 4 aromatic heterocycles. The van der Waals surface area contributed by atoms with Crippen molar-refractivity contribution in [2.75, 3.05) is 0 Å². The molecule has 1 atom stereocenters. The van der Waals surface area contributed by atoms with Gasteiger partial charge in [-0.1, -0.05) is 171 Å². The van der Waals surface area contributed by atoms with Gasteiger partial charge < -0.3 is 18.2 Å². The van der Waals surface area contributed by atoms with E-state index in [4.69, 9.17) is 0 Å². The van der Waals surface area contributed by atoms with Crippen LogP contribution >= 0.6 is 0 Å². The molecule has 16 rings (SSSR count). The minimum atomic E-state index is -0.163. The quantitative estimate of drug-likeness (QED) is 0.153. The molecule has 2 aliphatic rings. The van der Waals surface area contributed by atoms with E-state index < -0.39 is 0 Å². The average Bonchev–Trinajstić information content (AvgIpc) is 4.16. The van der Waals surface area contributed by atoms with Gasteiger partial charge in [-0.3, -0.25) is 0 Å². The number of nitrogens with zero attached hydrogens (tertiary/aromatic N) is 4. The maximum absolute atomic E-state index is 2.74. The highest BCUT2D eigenvalue weighted by Crippen LogP contribution is 2.44. The molecule has 1 aliphatic carbocycles. The molecule has 72 heavy (non-hydrogen) atoms. The van der Waals surface area contributed by atoms with Gasteiger partial charge in [0, 0.05) is 66.0 Å². The van der Waals surface area contributed by atoms with Gasteiger partial charge in [0.15, 0.2) is 0 Å². The van der Waals surface area contributed by atoms with Crippen molar-refractivity contribution in [2.24, 2.45) is 5.92 Å². The summed E-state index contributed by atoms with van der Waals surface area (Å²) in [4.78, 5) is 0. The average molecular weight is 917 g/mol. The predicted molar refractivity (Wildman–Crippen MR) is 304 cm³/mol. The van der Waals surface area contributed by atoms with E-state index >= 15 is 0 Å². The van der Waals surface area contributed by atoms with Crippen LogP contribution in [0.25, 0.3) is 116 Å². The third kappa shape index (κ3) is 5.48. The van der Waals surface area contributed by atoms with Crippen molar-refractivity contribution in [3.63, 3.8) is 0 Å². The normalized spacial score (nSPS) is 14.3. The summed E-state index contributed by atoms with van der Waals surface area (Å²) in [6, 6.07) is 86.1. The molecule has 5 heterocycles. The van der Waals surface area contributed by atoms with E-state index in [1.807, 2.05) is 0 Å². The van der Waals surface area contributed by atoms with Gasteiger partial charge in [0.2, 0.25) is 0 Å². The summed E-state index contributed by atoms with van der Waals surface area (Å²) in [5.41, 5.74) is 22.5. The molecule has 10 aromatic carbocycles. The van der Waals surface area contributed by atoms with Crippen LogP contribution in [-0.2, 0) is 6.42 Å². The third-order valence-corrected chi connectivity index (χ3v) is 16.3. The molecule has 4 nitrogen and oxygen atoms in total. The molecule has 0 spiro atoms. The minimum Gasteiger partial charge on any atom is -0.376 e. The van der Waals surface area contributed by atoms with Crippen molar-refractivity contribution in [1.82, 2.24) is 18.2 Å². The number of hydrogen-bond donors (Lipinski definition) is 0. The highest BCUT2D eigenvalue weighted by atomic mass is 15.0. The van der Waals surface area contributed by atoms with E-state index in [9.17, 15) is 0 Å². The third-order valence-electron chi connectivity index (χ3n) is 16.3. The van der Waals surface area contributed by atoms with Crippen LogP contribution in [0.15, 0.2) is 231 Å². The largest absolute Gasteiger partial charge is 0.376 e. The van der Waals surface area contributed by atoms with Crippen molar-refractivity contribution in [3.05, 3.63) is 247 Å². The molecule has 1 aliphatic heterocycles. The first kappa shape index (κ1) is 39.8. The second kappa shape index (κ2) is 15.0. The molecule has 0 fully saturated rings. The molecule has 0 saturated heterocycles. The lowest BCUT2D eigenvalue weighted by Crippen LogP contribution is -2.53. The van der Waals surface area contributed by atoms with Gasteiger partial charge >= 0.3 is 6.85 Å². The molecular weight excluding hydrogens is 872 g/mol. The van der Waals surface area contributed by atoms with Crippen LogP contribution in [-0.4, -0.2) is 25.0 Å². The van der Waals surface area contributed by atoms with E-state index in [-0.39, 0.29) is 6.85 Å². The Balaban J connectivity index is 1.06. The first-order chi connectivity index (χ1) is 35.7. The topological polar surface area (TPSA) is 19.7 Å². The Morgan fingerprint density at radius 3 is 1.57 bits per heavy atom. The maximum atomic E-state index is 2.74. The minimum absolute atomic E-state index is 0.163. The van der Waals surface area contributed by atoms with Crippen molar-refractivity contribution >= 4 is 106 Å². The summed E-state index contributed by atoms with van der Waals surface area (Å²) in [7, 11) is 0. The van der Waals surface area contributed by atoms with Gasteiger partial charge in [-0.2, -0.15) is 0 Å². The predicted octanol–water partition coefficient (Wildman–Crippen LogP) is 15.3. The van der Waals surface area contributed by atoms with E-state index in [2.05, 4.69) is 262 Å². The second-order valence-electron chi connectivity index (χ2n) is 20.1. The number of hydrogen-bond acceptors (Lipinski definition) is 0. The number of fused-ring (bicyclic) bond motifs is 14. The Labute approximate surface area is 416 Å². The molecule has 0 N–H and O–H groups in total. The maximum Gasteiger partial charge on any atom is 0.332 e. The van der Waals surface area contributed by atoms with Crippen LogP contribution in [0.1, 0.15) is 23.7 Å². The smallest absolute Gasteiger partial charge is 0.332 e. The van der Waals surface area contributed by atoms with E-state index in [1.165, 1.54) is 126 Å². The highest BCUT2D eigenvalue weighted by Gasteiger charge is 2.39. The zero-order chi connectivity index (χ0) is 47.2. The van der Waals surface area contributed by atoms with Crippen LogP contribution in [0, 0.1) is 5.92 Å². The van der Waals surface area contributed by atoms with Crippen LogP contribution in [0.4, 0.5) is 0 Å². The van der Waals surface area contributed by atoms with Gasteiger partial charge in [-0.15, -0.1) is 0 Å². The number of benzene rings is 10. The molecule has 14 aromatic rings. The Morgan fingerprint density at radius 1 is 0.375 bits per heavy atom. The summed E-state index contributed by atoms with van der Waals surface area (Å²) in [6.07, 6.45) is 3.50. The van der Waals surface area contributed by atoms with Crippen molar-refractivity contribution in [3.8, 4) is 28.2 Å². The van der Waals surface area contributed by atoms with Crippen molar-refractivity contribution < 1.29 is 0 Å². The highest BCUT2D eigenvalue weighted by molar-refractivity contribution is 6.88. The van der Waals surface area contributed by atoms with Gasteiger partial charge in [0.1, 0.15) is 0 Å². The first-order valence-electron chi connectivity index (χ1n) is 25.3. The summed E-state index contributed by atoms with van der Waals surface area (Å²) in [5, 5.41) is 8.84. The van der Waals surface area contributed by atoms with Gasteiger partial charge in [-0.05, 0) is 124 Å². The Kier molecular flexibility index (Phi) is 8.27. The van der Waals surface area contributed by atoms with Crippen LogP contribution < -0.4 is 10.9 Å². The Hall–Kier alpha value is -9.06. The summed E-state index contributed by atoms with van der Waals surface area (Å²) < 4.78 is 10.3. The van der Waals surface area contributed by atoms with Gasteiger partial charge in [0.25, 0.3) is 0 Å². The van der Waals surface area contributed by atoms with E-state index in [0.29, 0.717) is 5.92 Å². The summed E-state index contributed by atoms with van der Waals surface area (Å²) in [6.45, 7) is 2.24. The molecule has 0 radical (unpaired) electrons. The Bertz CT molecular complexity index is 4510. The summed E-state index contributed by atoms with van der Waals surface area (Å²) in [5.74, 6) is 0.350. The lowest BCUT2D eigenvalue weighted by atomic mass is 9.48. The number of allylic oxidation sites excluding steroid dienone is 1. The van der Waals surface area contributed by atoms with Gasteiger partial charge in [0.05, 0.1) is 33.1 Å². The lowest BCUT2D eigenvalue weighted by molar-refractivity contribution is 0.739. The van der Waals surface area contributed by atoms with E-state index in [0.717, 1.165) is 17.8 Å². The number of aromatic nitrogens is 4. The molecule has 336 valence electrons. The lowest BCUT2D eigenvalue weighted by Gasteiger charge is -2.30. The molecule has 0 amide bonds. The fraction of sp³-hybridized carbons (Fsp3) is 0.0448. The SMILES string of the molecule is CC1Cc2c(n(B3c4ccccc4-n4c5ccc(-n6c7ccccc7c7ccccc76)cc5c5cc(-n6c7ccccc7c7ccccc76)cc3c54)c3cc(-c4ccccc4)ccc23)C=C1c1ccccc1. The fourth-order valence-corrected chi connectivity index (χ4v) is 13.2. The molecule has 0 bridgehead atoms. The molecular formula is C67H45BN4. The first-order valence-corrected chi connectivity index (χ1v) is 25.3. The van der Waals surface area contributed by atoms with Crippen molar-refractivity contribution in [2.45, 2.75) is 13.3 Å². The second-order valence-corrected chi connectivity index (χ2v) is 20.1. The summed E-state index contributed by atoms with van der Waals surface area (Å²) >= 11 is 0.